The molecule has 0 fully saturated rings. The van der Waals surface area contributed by atoms with Crippen molar-refractivity contribution in [1.82, 2.24) is 4.98 Å². The summed E-state index contributed by atoms with van der Waals surface area (Å²) in [6, 6.07) is 4.67. The highest BCUT2D eigenvalue weighted by molar-refractivity contribution is 6.30. The number of nitrogens with zero attached hydrogens (tertiary/aromatic N) is 2. The van der Waals surface area contributed by atoms with Gasteiger partial charge in [-0.2, -0.15) is 0 Å². The molecule has 1 aromatic heterocycles. The number of pyridine rings is 1. The standard InChI is InChI=1S/C14H15ClN2O3/c1-14(2,3)10-6-8-5-9(17(18)19)7-11(20-4)12(8)16-13(10)15/h5-7H,1-4H3. The van der Waals surface area contributed by atoms with Gasteiger partial charge < -0.3 is 4.74 Å². The van der Waals surface area contributed by atoms with E-state index < -0.39 is 4.92 Å². The SMILES string of the molecule is COc1cc([N+](=O)[O-])cc2cc(C(C)(C)C)c(Cl)nc12. The Morgan fingerprint density at radius 2 is 1.95 bits per heavy atom. The molecule has 106 valence electrons. The molecule has 0 spiro atoms. The predicted molar refractivity (Wildman–Crippen MR) is 78.7 cm³/mol. The highest BCUT2D eigenvalue weighted by Crippen LogP contribution is 2.36. The summed E-state index contributed by atoms with van der Waals surface area (Å²) in [6.07, 6.45) is 0. The van der Waals surface area contributed by atoms with Crippen molar-refractivity contribution in [1.29, 1.82) is 0 Å². The number of hydrogen-bond acceptors (Lipinski definition) is 4. The van der Waals surface area contributed by atoms with Gasteiger partial charge in [0.2, 0.25) is 0 Å². The van der Waals surface area contributed by atoms with E-state index in [1.54, 1.807) is 0 Å². The van der Waals surface area contributed by atoms with Crippen LogP contribution >= 0.6 is 11.6 Å². The van der Waals surface area contributed by atoms with Gasteiger partial charge in [-0.3, -0.25) is 10.1 Å². The monoisotopic (exact) mass is 294 g/mol. The molecule has 0 atom stereocenters. The van der Waals surface area contributed by atoms with Gasteiger partial charge in [-0.1, -0.05) is 32.4 Å². The number of hydrogen-bond donors (Lipinski definition) is 0. The molecule has 2 aromatic rings. The number of rotatable bonds is 2. The summed E-state index contributed by atoms with van der Waals surface area (Å²) in [7, 11) is 1.45. The first kappa shape index (κ1) is 14.5. The van der Waals surface area contributed by atoms with E-state index in [0.29, 0.717) is 21.8 Å². The van der Waals surface area contributed by atoms with E-state index in [0.717, 1.165) is 5.56 Å². The van der Waals surface area contributed by atoms with Crippen LogP contribution in [0.3, 0.4) is 0 Å². The van der Waals surface area contributed by atoms with Crippen LogP contribution < -0.4 is 4.74 Å². The van der Waals surface area contributed by atoms with Crippen LogP contribution in [-0.4, -0.2) is 17.0 Å². The zero-order valence-corrected chi connectivity index (χ0v) is 12.5. The fourth-order valence-corrected chi connectivity index (χ4v) is 2.43. The second-order valence-corrected chi connectivity index (χ2v) is 5.91. The van der Waals surface area contributed by atoms with E-state index in [9.17, 15) is 10.1 Å². The summed E-state index contributed by atoms with van der Waals surface area (Å²) in [5, 5.41) is 12.0. The van der Waals surface area contributed by atoms with Crippen LogP contribution in [0.15, 0.2) is 18.2 Å². The first-order chi connectivity index (χ1) is 9.24. The molecule has 2 rings (SSSR count). The lowest BCUT2D eigenvalue weighted by molar-refractivity contribution is -0.384. The zero-order valence-electron chi connectivity index (χ0n) is 11.7. The number of halogens is 1. The number of benzene rings is 1. The number of fused-ring (bicyclic) bond motifs is 1. The molecule has 6 heteroatoms. The molecule has 0 unspecified atom stereocenters. The van der Waals surface area contributed by atoms with Crippen LogP contribution in [-0.2, 0) is 5.41 Å². The van der Waals surface area contributed by atoms with Crippen molar-refractivity contribution >= 4 is 28.2 Å². The zero-order chi connectivity index (χ0) is 15.1. The molecule has 0 aliphatic heterocycles. The minimum absolute atomic E-state index is 0.0293. The summed E-state index contributed by atoms with van der Waals surface area (Å²) < 4.78 is 5.17. The van der Waals surface area contributed by atoms with Crippen molar-refractivity contribution in [3.8, 4) is 5.75 Å². The summed E-state index contributed by atoms with van der Waals surface area (Å²) in [6.45, 7) is 6.03. The minimum Gasteiger partial charge on any atom is -0.494 e. The maximum atomic E-state index is 11.0. The summed E-state index contributed by atoms with van der Waals surface area (Å²) >= 11 is 6.22. The molecule has 0 aliphatic carbocycles. The predicted octanol–water partition coefficient (Wildman–Crippen LogP) is 4.10. The van der Waals surface area contributed by atoms with Crippen LogP contribution in [0, 0.1) is 10.1 Å². The van der Waals surface area contributed by atoms with E-state index in [2.05, 4.69) is 4.98 Å². The first-order valence-corrected chi connectivity index (χ1v) is 6.45. The normalized spacial score (nSPS) is 11.7. The number of nitro benzene ring substituents is 1. The molecule has 5 nitrogen and oxygen atoms in total. The molecule has 0 N–H and O–H groups in total. The molecule has 0 saturated carbocycles. The van der Waals surface area contributed by atoms with Gasteiger partial charge in [0.05, 0.1) is 18.1 Å². The lowest BCUT2D eigenvalue weighted by Gasteiger charge is -2.20. The first-order valence-electron chi connectivity index (χ1n) is 6.07. The number of methoxy groups -OCH3 is 1. The van der Waals surface area contributed by atoms with E-state index in [4.69, 9.17) is 16.3 Å². The Morgan fingerprint density at radius 1 is 1.30 bits per heavy atom. The lowest BCUT2D eigenvalue weighted by atomic mass is 9.87. The maximum absolute atomic E-state index is 11.0. The van der Waals surface area contributed by atoms with E-state index in [1.807, 2.05) is 26.8 Å². The van der Waals surface area contributed by atoms with Crippen molar-refractivity contribution < 1.29 is 9.66 Å². The Labute approximate surface area is 121 Å². The van der Waals surface area contributed by atoms with Gasteiger partial charge in [0.15, 0.2) is 5.75 Å². The van der Waals surface area contributed by atoms with Gasteiger partial charge in [0.1, 0.15) is 10.7 Å². The summed E-state index contributed by atoms with van der Waals surface area (Å²) in [4.78, 5) is 14.8. The minimum atomic E-state index is -0.451. The Morgan fingerprint density at radius 3 is 2.45 bits per heavy atom. The molecular weight excluding hydrogens is 280 g/mol. The second kappa shape index (κ2) is 4.90. The van der Waals surface area contributed by atoms with Crippen molar-refractivity contribution in [3.05, 3.63) is 39.0 Å². The number of aromatic nitrogens is 1. The Bertz CT molecular complexity index is 693. The third kappa shape index (κ3) is 2.54. The number of non-ortho nitro benzene ring substituents is 1. The maximum Gasteiger partial charge on any atom is 0.273 e. The van der Waals surface area contributed by atoms with E-state index in [1.165, 1.54) is 19.2 Å². The van der Waals surface area contributed by atoms with Gasteiger partial charge in [-0.25, -0.2) is 4.98 Å². The lowest BCUT2D eigenvalue weighted by Crippen LogP contribution is -2.12. The van der Waals surface area contributed by atoms with Crippen LogP contribution in [0.25, 0.3) is 10.9 Å². The van der Waals surface area contributed by atoms with Crippen LogP contribution in [0.1, 0.15) is 26.3 Å². The third-order valence-electron chi connectivity index (χ3n) is 3.06. The van der Waals surface area contributed by atoms with Crippen molar-refractivity contribution in [2.75, 3.05) is 7.11 Å². The van der Waals surface area contributed by atoms with Crippen LogP contribution in [0.4, 0.5) is 5.69 Å². The van der Waals surface area contributed by atoms with Crippen LogP contribution in [0.2, 0.25) is 5.15 Å². The molecule has 0 aliphatic rings. The quantitative estimate of drug-likeness (QED) is 0.475. The van der Waals surface area contributed by atoms with E-state index >= 15 is 0 Å². The average molecular weight is 295 g/mol. The fourth-order valence-electron chi connectivity index (χ4n) is 2.00. The summed E-state index contributed by atoms with van der Waals surface area (Å²) in [5.41, 5.74) is 1.14. The Kier molecular flexibility index (Phi) is 3.56. The molecule has 1 aromatic carbocycles. The van der Waals surface area contributed by atoms with Gasteiger partial charge in [0, 0.05) is 11.5 Å². The molecular formula is C14H15ClN2O3. The Balaban J connectivity index is 2.82. The average Bonchev–Trinajstić information content (AvgIpc) is 2.35. The molecule has 20 heavy (non-hydrogen) atoms. The second-order valence-electron chi connectivity index (χ2n) is 5.55. The molecule has 0 bridgehead atoms. The van der Waals surface area contributed by atoms with Crippen molar-refractivity contribution in [3.63, 3.8) is 0 Å². The van der Waals surface area contributed by atoms with Crippen molar-refractivity contribution in [2.24, 2.45) is 0 Å². The molecule has 1 heterocycles. The summed E-state index contributed by atoms with van der Waals surface area (Å²) in [5.74, 6) is 0.344. The smallest absolute Gasteiger partial charge is 0.273 e. The van der Waals surface area contributed by atoms with Crippen molar-refractivity contribution in [2.45, 2.75) is 26.2 Å². The van der Waals surface area contributed by atoms with Crippen LogP contribution in [0.5, 0.6) is 5.75 Å². The van der Waals surface area contributed by atoms with Gasteiger partial charge in [0.25, 0.3) is 5.69 Å². The molecule has 0 radical (unpaired) electrons. The third-order valence-corrected chi connectivity index (χ3v) is 3.35. The number of nitro groups is 1. The van der Waals surface area contributed by atoms with Gasteiger partial charge in [-0.05, 0) is 17.0 Å². The highest BCUT2D eigenvalue weighted by Gasteiger charge is 2.21. The molecule has 0 saturated heterocycles. The van der Waals surface area contributed by atoms with Gasteiger partial charge >= 0.3 is 0 Å². The molecule has 0 amide bonds. The highest BCUT2D eigenvalue weighted by atomic mass is 35.5. The van der Waals surface area contributed by atoms with E-state index in [-0.39, 0.29) is 11.1 Å². The number of ether oxygens (including phenoxy) is 1. The Hall–Kier alpha value is -1.88. The topological polar surface area (TPSA) is 65.3 Å². The fraction of sp³-hybridized carbons (Fsp3) is 0.357. The largest absolute Gasteiger partial charge is 0.494 e. The van der Waals surface area contributed by atoms with Gasteiger partial charge in [-0.15, -0.1) is 0 Å².